The third kappa shape index (κ3) is 6.82. The van der Waals surface area contributed by atoms with Crippen molar-refractivity contribution in [3.05, 3.63) is 179 Å². The summed E-state index contributed by atoms with van der Waals surface area (Å²) in [5.74, 6) is -1.72. The maximum atomic E-state index is 14.6. The first-order valence-electron chi connectivity index (χ1n) is 14.0. The van der Waals surface area contributed by atoms with Gasteiger partial charge in [0, 0.05) is 47.3 Å². The van der Waals surface area contributed by atoms with Gasteiger partial charge in [-0.1, -0.05) is 152 Å². The van der Waals surface area contributed by atoms with Gasteiger partial charge in [0.2, 0.25) is 0 Å². The molecule has 0 fully saturated rings. The normalized spacial score (nSPS) is 12.4. The van der Waals surface area contributed by atoms with Crippen molar-refractivity contribution in [1.82, 2.24) is 0 Å². The Hall–Kier alpha value is -4.89. The van der Waals surface area contributed by atoms with Gasteiger partial charge in [-0.2, -0.15) is 0 Å². The Labute approximate surface area is 241 Å². The summed E-state index contributed by atoms with van der Waals surface area (Å²) in [6, 6.07) is 47.2. The number of ketones is 3. The van der Waals surface area contributed by atoms with Crippen molar-refractivity contribution in [2.75, 3.05) is 0 Å². The Morgan fingerprint density at radius 3 is 1.02 bits per heavy atom. The van der Waals surface area contributed by atoms with E-state index >= 15 is 0 Å². The smallest absolute Gasteiger partial charge is 0.167 e. The molecule has 0 aromatic heterocycles. The van der Waals surface area contributed by atoms with E-state index in [1.54, 1.807) is 0 Å². The van der Waals surface area contributed by atoms with Crippen molar-refractivity contribution in [3.8, 4) is 0 Å². The first kappa shape index (κ1) is 27.7. The SMILES string of the molecule is O=C(C[C@H](c1ccccc1)C(C(=O)c1ccccc1)[C@H](CC(=O)c1ccccc1)c1ccccc1)c1ccccc1. The van der Waals surface area contributed by atoms with Crippen LogP contribution in [0, 0.1) is 5.92 Å². The molecule has 5 aromatic rings. The van der Waals surface area contributed by atoms with Crippen LogP contribution in [0.3, 0.4) is 0 Å². The molecule has 0 spiro atoms. The third-order valence-corrected chi connectivity index (χ3v) is 7.69. The van der Waals surface area contributed by atoms with E-state index in [1.165, 1.54) is 0 Å². The summed E-state index contributed by atoms with van der Waals surface area (Å²) in [6.45, 7) is 0. The van der Waals surface area contributed by atoms with E-state index in [9.17, 15) is 14.4 Å². The first-order valence-corrected chi connectivity index (χ1v) is 14.0. The maximum absolute atomic E-state index is 14.6. The largest absolute Gasteiger partial charge is 0.294 e. The van der Waals surface area contributed by atoms with Crippen LogP contribution in [0.5, 0.6) is 0 Å². The van der Waals surface area contributed by atoms with Crippen molar-refractivity contribution in [3.63, 3.8) is 0 Å². The van der Waals surface area contributed by atoms with Crippen LogP contribution in [0.1, 0.15) is 66.9 Å². The van der Waals surface area contributed by atoms with Gasteiger partial charge in [-0.25, -0.2) is 0 Å². The van der Waals surface area contributed by atoms with Crippen molar-refractivity contribution in [1.29, 1.82) is 0 Å². The van der Waals surface area contributed by atoms with Gasteiger partial charge in [0.1, 0.15) is 0 Å². The first-order chi connectivity index (χ1) is 20.1. The van der Waals surface area contributed by atoms with Gasteiger partial charge in [-0.05, 0) is 11.1 Å². The topological polar surface area (TPSA) is 51.2 Å². The van der Waals surface area contributed by atoms with Crippen LogP contribution in [0.4, 0.5) is 0 Å². The summed E-state index contributed by atoms with van der Waals surface area (Å²) in [7, 11) is 0. The molecule has 2 atom stereocenters. The molecule has 5 rings (SSSR count). The minimum Gasteiger partial charge on any atom is -0.294 e. The number of benzene rings is 5. The lowest BCUT2D eigenvalue weighted by Crippen LogP contribution is -2.32. The molecule has 0 radical (unpaired) electrons. The summed E-state index contributed by atoms with van der Waals surface area (Å²) in [5, 5.41) is 0. The fourth-order valence-corrected chi connectivity index (χ4v) is 5.63. The number of carbonyl (C=O) groups is 3. The van der Waals surface area contributed by atoms with Crippen molar-refractivity contribution >= 4 is 17.3 Å². The van der Waals surface area contributed by atoms with E-state index in [-0.39, 0.29) is 30.2 Å². The summed E-state index contributed by atoms with van der Waals surface area (Å²) >= 11 is 0. The second-order valence-corrected chi connectivity index (χ2v) is 10.3. The van der Waals surface area contributed by atoms with Gasteiger partial charge in [0.05, 0.1) is 0 Å². The van der Waals surface area contributed by atoms with E-state index in [2.05, 4.69) is 0 Å². The summed E-state index contributed by atoms with van der Waals surface area (Å²) in [6.07, 6.45) is 0.278. The molecule has 0 aliphatic carbocycles. The van der Waals surface area contributed by atoms with Gasteiger partial charge in [-0.3, -0.25) is 14.4 Å². The highest BCUT2D eigenvalue weighted by atomic mass is 16.1. The Kier molecular flexibility index (Phi) is 9.08. The number of carbonyl (C=O) groups excluding carboxylic acids is 3. The van der Waals surface area contributed by atoms with Crippen LogP contribution >= 0.6 is 0 Å². The van der Waals surface area contributed by atoms with E-state index in [4.69, 9.17) is 0 Å². The number of hydrogen-bond acceptors (Lipinski definition) is 3. The molecule has 0 aliphatic rings. The molecule has 0 saturated heterocycles. The molecule has 0 aliphatic heterocycles. The lowest BCUT2D eigenvalue weighted by molar-refractivity contribution is 0.0833. The second kappa shape index (κ2) is 13.5. The zero-order chi connectivity index (χ0) is 28.4. The lowest BCUT2D eigenvalue weighted by Gasteiger charge is -2.33. The molecule has 0 unspecified atom stereocenters. The monoisotopic (exact) mass is 536 g/mol. The predicted octanol–water partition coefficient (Wildman–Crippen LogP) is 8.60. The molecule has 0 heterocycles. The molecular formula is C38H32O3. The summed E-state index contributed by atoms with van der Waals surface area (Å²) < 4.78 is 0. The maximum Gasteiger partial charge on any atom is 0.167 e. The highest BCUT2D eigenvalue weighted by Crippen LogP contribution is 2.43. The number of Topliss-reactive ketones (excluding diaryl/α,β-unsaturated/α-hetero) is 3. The van der Waals surface area contributed by atoms with E-state index < -0.39 is 17.8 Å². The quantitative estimate of drug-likeness (QED) is 0.150. The van der Waals surface area contributed by atoms with Crippen molar-refractivity contribution in [2.45, 2.75) is 24.7 Å². The van der Waals surface area contributed by atoms with Crippen LogP contribution in [-0.4, -0.2) is 17.3 Å². The zero-order valence-corrected chi connectivity index (χ0v) is 22.8. The van der Waals surface area contributed by atoms with Crippen LogP contribution in [0.2, 0.25) is 0 Å². The van der Waals surface area contributed by atoms with Crippen molar-refractivity contribution < 1.29 is 14.4 Å². The molecule has 3 nitrogen and oxygen atoms in total. The zero-order valence-electron chi connectivity index (χ0n) is 22.8. The number of hydrogen-bond donors (Lipinski definition) is 0. The predicted molar refractivity (Wildman–Crippen MR) is 163 cm³/mol. The molecule has 202 valence electrons. The van der Waals surface area contributed by atoms with E-state index in [1.807, 2.05) is 152 Å². The Bertz CT molecular complexity index is 1470. The highest BCUT2D eigenvalue weighted by Gasteiger charge is 2.39. The highest BCUT2D eigenvalue weighted by molar-refractivity contribution is 6.02. The van der Waals surface area contributed by atoms with E-state index in [0.29, 0.717) is 16.7 Å². The van der Waals surface area contributed by atoms with Crippen LogP contribution in [0.25, 0.3) is 0 Å². The molecule has 41 heavy (non-hydrogen) atoms. The fraction of sp³-hybridized carbons (Fsp3) is 0.132. The summed E-state index contributed by atoms with van der Waals surface area (Å²) in [4.78, 5) is 42.0. The van der Waals surface area contributed by atoms with Gasteiger partial charge >= 0.3 is 0 Å². The van der Waals surface area contributed by atoms with Crippen LogP contribution in [-0.2, 0) is 0 Å². The standard InChI is InChI=1S/C38H32O3/c39-35(30-20-10-3-11-21-30)26-33(28-16-6-1-7-17-28)37(38(41)32-24-14-5-15-25-32)34(29-18-8-2-9-19-29)27-36(40)31-22-12-4-13-23-31/h1-25,33-34,37H,26-27H2/t33-,34-/m1/s1. The minimum absolute atomic E-state index is 0.0356. The molecule has 3 heteroatoms. The molecule has 0 bridgehead atoms. The average Bonchev–Trinajstić information content (AvgIpc) is 3.05. The van der Waals surface area contributed by atoms with E-state index in [0.717, 1.165) is 11.1 Å². The Morgan fingerprint density at radius 1 is 0.390 bits per heavy atom. The average molecular weight is 537 g/mol. The van der Waals surface area contributed by atoms with Crippen molar-refractivity contribution in [2.24, 2.45) is 5.92 Å². The number of rotatable bonds is 12. The van der Waals surface area contributed by atoms with Crippen LogP contribution < -0.4 is 0 Å². The minimum atomic E-state index is -0.664. The molecule has 0 amide bonds. The molecule has 5 aromatic carbocycles. The van der Waals surface area contributed by atoms with Gasteiger partial charge in [0.15, 0.2) is 17.3 Å². The third-order valence-electron chi connectivity index (χ3n) is 7.69. The molecule has 0 saturated carbocycles. The fourth-order valence-electron chi connectivity index (χ4n) is 5.63. The van der Waals surface area contributed by atoms with Gasteiger partial charge in [0.25, 0.3) is 0 Å². The Morgan fingerprint density at radius 2 is 0.683 bits per heavy atom. The lowest BCUT2D eigenvalue weighted by atomic mass is 9.68. The van der Waals surface area contributed by atoms with Gasteiger partial charge < -0.3 is 0 Å². The Balaban J connectivity index is 1.66. The molecular weight excluding hydrogens is 504 g/mol. The summed E-state index contributed by atoms with van der Waals surface area (Å²) in [5.41, 5.74) is 3.59. The molecule has 0 N–H and O–H groups in total. The second-order valence-electron chi connectivity index (χ2n) is 10.3. The van der Waals surface area contributed by atoms with Crippen LogP contribution in [0.15, 0.2) is 152 Å². The van der Waals surface area contributed by atoms with Gasteiger partial charge in [-0.15, -0.1) is 0 Å².